The van der Waals surface area contributed by atoms with Crippen LogP contribution in [0.15, 0.2) is 48.7 Å². The average Bonchev–Trinajstić information content (AvgIpc) is 3.33. The monoisotopic (exact) mass is 359 g/mol. The molecule has 3 aromatic rings. The van der Waals surface area contributed by atoms with Crippen molar-refractivity contribution >= 4 is 0 Å². The van der Waals surface area contributed by atoms with Crippen LogP contribution in [0.3, 0.4) is 0 Å². The molecular weight excluding hydrogens is 334 g/mol. The number of fused-ring (bicyclic) bond motifs is 2. The van der Waals surface area contributed by atoms with Crippen LogP contribution in [-0.2, 0) is 19.4 Å². The first-order valence-electron chi connectivity index (χ1n) is 9.81. The standard InChI is InChI=1S/C23H25N3O/c1-16-3-7-21(8-4-16)26-15-20-14-25(11-9-22(20)24-26)17(2)19-6-5-18-10-12-27-23(18)13-19/h3-8,13,15,17H,9-12,14H2,1-2H3. The lowest BCUT2D eigenvalue weighted by Crippen LogP contribution is -2.32. The quantitative estimate of drug-likeness (QED) is 0.701. The van der Waals surface area contributed by atoms with Gasteiger partial charge in [0.2, 0.25) is 0 Å². The van der Waals surface area contributed by atoms with Crippen LogP contribution >= 0.6 is 0 Å². The van der Waals surface area contributed by atoms with E-state index in [-0.39, 0.29) is 0 Å². The van der Waals surface area contributed by atoms with Gasteiger partial charge in [0, 0.05) is 43.7 Å². The highest BCUT2D eigenvalue weighted by Gasteiger charge is 2.25. The molecule has 5 rings (SSSR count). The second-order valence-electron chi connectivity index (χ2n) is 7.74. The minimum atomic E-state index is 0.371. The third-order valence-electron chi connectivity index (χ3n) is 5.94. The largest absolute Gasteiger partial charge is 0.493 e. The molecule has 0 spiro atoms. The predicted octanol–water partition coefficient (Wildman–Crippen LogP) is 4.23. The van der Waals surface area contributed by atoms with Crippen LogP contribution in [0.2, 0.25) is 0 Å². The van der Waals surface area contributed by atoms with Crippen molar-refractivity contribution in [1.82, 2.24) is 14.7 Å². The van der Waals surface area contributed by atoms with Crippen molar-refractivity contribution < 1.29 is 4.74 Å². The number of aryl methyl sites for hydroxylation is 1. The summed E-state index contributed by atoms with van der Waals surface area (Å²) >= 11 is 0. The molecular formula is C23H25N3O. The Morgan fingerprint density at radius 1 is 1.04 bits per heavy atom. The van der Waals surface area contributed by atoms with Crippen molar-refractivity contribution in [3.8, 4) is 11.4 Å². The molecule has 0 amide bonds. The summed E-state index contributed by atoms with van der Waals surface area (Å²) in [6, 6.07) is 15.7. The molecule has 4 heteroatoms. The molecule has 1 aromatic heterocycles. The first-order chi connectivity index (χ1) is 13.2. The van der Waals surface area contributed by atoms with Crippen molar-refractivity contribution in [3.05, 3.63) is 76.6 Å². The molecule has 27 heavy (non-hydrogen) atoms. The van der Waals surface area contributed by atoms with E-state index in [9.17, 15) is 0 Å². The summed E-state index contributed by atoms with van der Waals surface area (Å²) in [5.41, 5.74) is 7.65. The van der Waals surface area contributed by atoms with Crippen LogP contribution in [0.4, 0.5) is 0 Å². The summed E-state index contributed by atoms with van der Waals surface area (Å²) in [7, 11) is 0. The highest BCUT2D eigenvalue weighted by atomic mass is 16.5. The molecule has 1 atom stereocenters. The lowest BCUT2D eigenvalue weighted by molar-refractivity contribution is 0.191. The molecule has 0 aliphatic carbocycles. The molecule has 0 radical (unpaired) electrons. The minimum Gasteiger partial charge on any atom is -0.493 e. The Morgan fingerprint density at radius 2 is 1.89 bits per heavy atom. The maximum atomic E-state index is 5.76. The summed E-state index contributed by atoms with van der Waals surface area (Å²) < 4.78 is 7.79. The summed E-state index contributed by atoms with van der Waals surface area (Å²) in [5.74, 6) is 1.07. The van der Waals surface area contributed by atoms with Crippen LogP contribution in [0.5, 0.6) is 5.75 Å². The molecule has 4 nitrogen and oxygen atoms in total. The van der Waals surface area contributed by atoms with Gasteiger partial charge < -0.3 is 4.74 Å². The highest BCUT2D eigenvalue weighted by molar-refractivity contribution is 5.41. The average molecular weight is 359 g/mol. The van der Waals surface area contributed by atoms with Gasteiger partial charge in [0.15, 0.2) is 0 Å². The third-order valence-corrected chi connectivity index (χ3v) is 5.94. The summed E-state index contributed by atoms with van der Waals surface area (Å²) in [4.78, 5) is 2.54. The summed E-state index contributed by atoms with van der Waals surface area (Å²) in [5, 5.41) is 4.83. The van der Waals surface area contributed by atoms with E-state index < -0.39 is 0 Å². The zero-order valence-electron chi connectivity index (χ0n) is 16.0. The molecule has 0 N–H and O–H groups in total. The van der Waals surface area contributed by atoms with Crippen LogP contribution in [0, 0.1) is 6.92 Å². The van der Waals surface area contributed by atoms with Crippen molar-refractivity contribution in [2.24, 2.45) is 0 Å². The van der Waals surface area contributed by atoms with Crippen LogP contribution in [0.25, 0.3) is 5.69 Å². The molecule has 2 aliphatic heterocycles. The van der Waals surface area contributed by atoms with Gasteiger partial charge in [-0.25, -0.2) is 4.68 Å². The van der Waals surface area contributed by atoms with Gasteiger partial charge in [0.1, 0.15) is 5.75 Å². The molecule has 2 aliphatic rings. The Hall–Kier alpha value is -2.59. The molecule has 2 aromatic carbocycles. The Morgan fingerprint density at radius 3 is 2.74 bits per heavy atom. The van der Waals surface area contributed by atoms with E-state index in [0.29, 0.717) is 6.04 Å². The van der Waals surface area contributed by atoms with Crippen LogP contribution in [0.1, 0.15) is 40.9 Å². The van der Waals surface area contributed by atoms with Gasteiger partial charge in [-0.2, -0.15) is 5.10 Å². The zero-order chi connectivity index (χ0) is 18.4. The molecule has 0 saturated carbocycles. The van der Waals surface area contributed by atoms with Gasteiger partial charge in [0.05, 0.1) is 18.0 Å². The zero-order valence-corrected chi connectivity index (χ0v) is 16.0. The molecule has 1 unspecified atom stereocenters. The molecule has 0 saturated heterocycles. The number of hydrogen-bond donors (Lipinski definition) is 0. The number of hydrogen-bond acceptors (Lipinski definition) is 3. The lowest BCUT2D eigenvalue weighted by atomic mass is 10.0. The van der Waals surface area contributed by atoms with Gasteiger partial charge in [-0.1, -0.05) is 29.8 Å². The number of benzene rings is 2. The molecule has 0 fully saturated rings. The first kappa shape index (κ1) is 16.6. The van der Waals surface area contributed by atoms with Gasteiger partial charge in [-0.3, -0.25) is 4.90 Å². The van der Waals surface area contributed by atoms with E-state index in [1.54, 1.807) is 0 Å². The van der Waals surface area contributed by atoms with Crippen LogP contribution in [-0.4, -0.2) is 27.8 Å². The number of nitrogens with zero attached hydrogens (tertiary/aromatic N) is 3. The SMILES string of the molecule is Cc1ccc(-n2cc3c(n2)CCN(C(C)c2ccc4c(c2)OCC4)C3)cc1. The van der Waals surface area contributed by atoms with Gasteiger partial charge in [-0.15, -0.1) is 0 Å². The Bertz CT molecular complexity index is 974. The predicted molar refractivity (Wildman–Crippen MR) is 106 cm³/mol. The molecule has 3 heterocycles. The molecule has 138 valence electrons. The van der Waals surface area contributed by atoms with E-state index in [4.69, 9.17) is 9.84 Å². The van der Waals surface area contributed by atoms with Crippen molar-refractivity contribution in [2.75, 3.05) is 13.2 Å². The van der Waals surface area contributed by atoms with Crippen molar-refractivity contribution in [3.63, 3.8) is 0 Å². The second kappa shape index (κ2) is 6.54. The van der Waals surface area contributed by atoms with Crippen molar-refractivity contribution in [1.29, 1.82) is 0 Å². The molecule has 0 bridgehead atoms. The third kappa shape index (κ3) is 3.04. The fourth-order valence-electron chi connectivity index (χ4n) is 4.15. The van der Waals surface area contributed by atoms with E-state index in [0.717, 1.165) is 44.0 Å². The Kier molecular flexibility index (Phi) is 4.01. The van der Waals surface area contributed by atoms with Gasteiger partial charge >= 0.3 is 0 Å². The lowest BCUT2D eigenvalue weighted by Gasteiger charge is -2.32. The maximum absolute atomic E-state index is 5.76. The van der Waals surface area contributed by atoms with Crippen LogP contribution < -0.4 is 4.74 Å². The highest BCUT2D eigenvalue weighted by Crippen LogP contribution is 2.32. The Balaban J connectivity index is 1.37. The van der Waals surface area contributed by atoms with Gasteiger partial charge in [0.25, 0.3) is 0 Å². The number of rotatable bonds is 3. The number of ether oxygens (including phenoxy) is 1. The normalized spacial score (nSPS) is 17.3. The van der Waals surface area contributed by atoms with E-state index in [1.807, 2.05) is 4.68 Å². The fraction of sp³-hybridized carbons (Fsp3) is 0.348. The summed E-state index contributed by atoms with van der Waals surface area (Å²) in [6.07, 6.45) is 4.24. The van der Waals surface area contributed by atoms with E-state index >= 15 is 0 Å². The van der Waals surface area contributed by atoms with Crippen molar-refractivity contribution in [2.45, 2.75) is 39.3 Å². The Labute approximate surface area is 160 Å². The first-order valence-corrected chi connectivity index (χ1v) is 9.81. The maximum Gasteiger partial charge on any atom is 0.122 e. The number of aromatic nitrogens is 2. The smallest absolute Gasteiger partial charge is 0.122 e. The van der Waals surface area contributed by atoms with Gasteiger partial charge in [-0.05, 0) is 43.2 Å². The van der Waals surface area contributed by atoms with E-state index in [2.05, 4.69) is 67.4 Å². The minimum absolute atomic E-state index is 0.371. The fourth-order valence-corrected chi connectivity index (χ4v) is 4.15. The topological polar surface area (TPSA) is 30.3 Å². The second-order valence-corrected chi connectivity index (χ2v) is 7.74. The summed E-state index contributed by atoms with van der Waals surface area (Å²) in [6.45, 7) is 7.21. The van der Waals surface area contributed by atoms with E-state index in [1.165, 1.54) is 27.9 Å².